The number of methoxy groups -OCH3 is 1. The highest BCUT2D eigenvalue weighted by Crippen LogP contribution is 2.35. The molecule has 0 saturated carbocycles. The van der Waals surface area contributed by atoms with Crippen LogP contribution in [0.3, 0.4) is 0 Å². The molecule has 3 aliphatic rings. The second-order valence-electron chi connectivity index (χ2n) is 8.79. The van der Waals surface area contributed by atoms with Crippen molar-refractivity contribution in [2.24, 2.45) is 0 Å². The summed E-state index contributed by atoms with van der Waals surface area (Å²) in [5.74, 6) is -1.07. The van der Waals surface area contributed by atoms with Gasteiger partial charge in [0.25, 0.3) is 5.91 Å². The summed E-state index contributed by atoms with van der Waals surface area (Å²) in [6, 6.07) is 7.69. The molecule has 9 nitrogen and oxygen atoms in total. The van der Waals surface area contributed by atoms with Gasteiger partial charge in [-0.15, -0.1) is 0 Å². The minimum Gasteiger partial charge on any atom is -0.481 e. The molecule has 4 heterocycles. The Labute approximate surface area is 196 Å². The average Bonchev–Trinajstić information content (AvgIpc) is 3.15. The third-order valence-electron chi connectivity index (χ3n) is 6.69. The molecule has 2 aromatic rings. The molecule has 10 heteroatoms. The van der Waals surface area contributed by atoms with Gasteiger partial charge in [-0.05, 0) is 24.6 Å². The third kappa shape index (κ3) is 4.21. The molecule has 0 radical (unpaired) electrons. The lowest BCUT2D eigenvalue weighted by molar-refractivity contribution is -0.136. The van der Waals surface area contributed by atoms with Gasteiger partial charge < -0.3 is 14.5 Å². The zero-order valence-electron chi connectivity index (χ0n) is 18.9. The first kappa shape index (κ1) is 22.3. The summed E-state index contributed by atoms with van der Waals surface area (Å²) in [6.07, 6.45) is 0.459. The van der Waals surface area contributed by atoms with Crippen LogP contribution in [-0.4, -0.2) is 71.8 Å². The number of anilines is 1. The maximum absolute atomic E-state index is 14.5. The van der Waals surface area contributed by atoms with Gasteiger partial charge in [0, 0.05) is 68.6 Å². The number of amides is 3. The zero-order chi connectivity index (χ0) is 23.8. The van der Waals surface area contributed by atoms with Crippen LogP contribution < -0.4 is 15.0 Å². The Bertz CT molecular complexity index is 1150. The van der Waals surface area contributed by atoms with Crippen molar-refractivity contribution < 1.29 is 23.5 Å². The number of ether oxygens (including phenoxy) is 1. The molecule has 1 unspecified atom stereocenters. The van der Waals surface area contributed by atoms with Crippen LogP contribution in [0, 0.1) is 5.82 Å². The molecule has 0 bridgehead atoms. The van der Waals surface area contributed by atoms with E-state index in [9.17, 15) is 18.8 Å². The predicted octanol–water partition coefficient (Wildman–Crippen LogP) is 1.31. The number of fused-ring (bicyclic) bond motifs is 1. The molecule has 0 spiro atoms. The first-order valence-electron chi connectivity index (χ1n) is 11.4. The molecular formula is C24H26FN5O4. The number of piperidine rings is 1. The molecule has 178 valence electrons. The molecule has 1 N–H and O–H groups in total. The number of halogens is 1. The molecule has 1 aromatic carbocycles. The van der Waals surface area contributed by atoms with Crippen molar-refractivity contribution in [1.29, 1.82) is 0 Å². The number of pyridine rings is 1. The summed E-state index contributed by atoms with van der Waals surface area (Å²) in [5, 5.41) is 2.30. The molecule has 3 amide bonds. The van der Waals surface area contributed by atoms with E-state index in [1.54, 1.807) is 7.11 Å². The first-order valence-corrected chi connectivity index (χ1v) is 11.4. The predicted molar refractivity (Wildman–Crippen MR) is 121 cm³/mol. The van der Waals surface area contributed by atoms with E-state index < -0.39 is 17.8 Å². The molecule has 0 aliphatic carbocycles. The van der Waals surface area contributed by atoms with Crippen LogP contribution in [-0.2, 0) is 22.7 Å². The highest BCUT2D eigenvalue weighted by molar-refractivity contribution is 6.06. The molecule has 34 heavy (non-hydrogen) atoms. The monoisotopic (exact) mass is 467 g/mol. The average molecular weight is 468 g/mol. The fourth-order valence-electron chi connectivity index (χ4n) is 4.92. The summed E-state index contributed by atoms with van der Waals surface area (Å²) in [4.78, 5) is 47.2. The summed E-state index contributed by atoms with van der Waals surface area (Å²) >= 11 is 0. The largest absolute Gasteiger partial charge is 0.481 e. The number of aromatic nitrogens is 1. The summed E-state index contributed by atoms with van der Waals surface area (Å²) in [7, 11) is 1.59. The van der Waals surface area contributed by atoms with Crippen LogP contribution in [0.1, 0.15) is 34.5 Å². The molecule has 5 rings (SSSR count). The quantitative estimate of drug-likeness (QED) is 0.663. The number of carbonyl (C=O) groups is 3. The van der Waals surface area contributed by atoms with E-state index in [-0.39, 0.29) is 31.2 Å². The Balaban J connectivity index is 1.30. The number of hydrogen-bond donors (Lipinski definition) is 1. The standard InChI is InChI=1S/C24H26FN5O4/c1-34-22-4-2-3-16(26-22)13-28-7-9-29(10-8-28)20-12-15(25)11-17-18(20)14-30(24(17)33)19-5-6-21(31)27-23(19)32/h2-4,11-12,19H,5-10,13-14H2,1H3,(H,27,31,32). The number of piperazine rings is 1. The number of rotatable bonds is 5. The van der Waals surface area contributed by atoms with Gasteiger partial charge in [0.05, 0.1) is 12.8 Å². The second-order valence-corrected chi connectivity index (χ2v) is 8.79. The van der Waals surface area contributed by atoms with Crippen molar-refractivity contribution in [1.82, 2.24) is 20.1 Å². The van der Waals surface area contributed by atoms with Crippen LogP contribution in [0.4, 0.5) is 10.1 Å². The Hall–Kier alpha value is -3.53. The summed E-state index contributed by atoms with van der Waals surface area (Å²) in [6.45, 7) is 3.78. The molecule has 1 aromatic heterocycles. The van der Waals surface area contributed by atoms with E-state index in [0.29, 0.717) is 36.8 Å². The number of hydrogen-bond acceptors (Lipinski definition) is 7. The molecule has 2 fully saturated rings. The maximum atomic E-state index is 14.5. The van der Waals surface area contributed by atoms with Crippen LogP contribution in [0.15, 0.2) is 30.3 Å². The molecular weight excluding hydrogens is 441 g/mol. The second kappa shape index (κ2) is 9.02. The Morgan fingerprint density at radius 3 is 2.68 bits per heavy atom. The van der Waals surface area contributed by atoms with Crippen molar-refractivity contribution in [3.63, 3.8) is 0 Å². The van der Waals surface area contributed by atoms with Crippen molar-refractivity contribution in [2.75, 3.05) is 38.2 Å². The van der Waals surface area contributed by atoms with Gasteiger partial charge in [-0.2, -0.15) is 0 Å². The normalized spacial score (nSPS) is 21.0. The molecule has 3 aliphatic heterocycles. The molecule has 2 saturated heterocycles. The van der Waals surface area contributed by atoms with E-state index in [1.807, 2.05) is 18.2 Å². The van der Waals surface area contributed by atoms with E-state index >= 15 is 0 Å². The van der Waals surface area contributed by atoms with E-state index in [1.165, 1.54) is 17.0 Å². The maximum Gasteiger partial charge on any atom is 0.255 e. The lowest BCUT2D eigenvalue weighted by Gasteiger charge is -2.37. The van der Waals surface area contributed by atoms with Crippen molar-refractivity contribution in [3.05, 3.63) is 53.0 Å². The number of benzene rings is 1. The van der Waals surface area contributed by atoms with Gasteiger partial charge in [-0.3, -0.25) is 24.6 Å². The first-order chi connectivity index (χ1) is 16.4. The number of carbonyl (C=O) groups excluding carboxylic acids is 3. The third-order valence-corrected chi connectivity index (χ3v) is 6.69. The van der Waals surface area contributed by atoms with E-state index in [2.05, 4.69) is 20.1 Å². The number of nitrogens with one attached hydrogen (secondary N) is 1. The zero-order valence-corrected chi connectivity index (χ0v) is 18.9. The van der Waals surface area contributed by atoms with Gasteiger partial charge in [0.1, 0.15) is 11.9 Å². The van der Waals surface area contributed by atoms with Crippen LogP contribution in [0.5, 0.6) is 5.88 Å². The van der Waals surface area contributed by atoms with Gasteiger partial charge >= 0.3 is 0 Å². The topological polar surface area (TPSA) is 95.1 Å². The van der Waals surface area contributed by atoms with Crippen LogP contribution in [0.2, 0.25) is 0 Å². The number of imide groups is 1. The lowest BCUT2D eigenvalue weighted by Crippen LogP contribution is -2.52. The van der Waals surface area contributed by atoms with Gasteiger partial charge in [-0.25, -0.2) is 9.37 Å². The summed E-state index contributed by atoms with van der Waals surface area (Å²) < 4.78 is 19.7. The van der Waals surface area contributed by atoms with E-state index in [0.717, 1.165) is 24.3 Å². The Morgan fingerprint density at radius 2 is 1.94 bits per heavy atom. The highest BCUT2D eigenvalue weighted by Gasteiger charge is 2.41. The Kier molecular flexibility index (Phi) is 5.91. The van der Waals surface area contributed by atoms with Crippen molar-refractivity contribution >= 4 is 23.4 Å². The fourth-order valence-corrected chi connectivity index (χ4v) is 4.92. The number of nitrogens with zero attached hydrogens (tertiary/aromatic N) is 4. The van der Waals surface area contributed by atoms with Crippen LogP contribution in [0.25, 0.3) is 0 Å². The van der Waals surface area contributed by atoms with Crippen molar-refractivity contribution in [3.8, 4) is 5.88 Å². The van der Waals surface area contributed by atoms with E-state index in [4.69, 9.17) is 4.74 Å². The SMILES string of the molecule is COc1cccc(CN2CCN(c3cc(F)cc4c3CN(C3CCC(=O)NC3=O)C4=O)CC2)n1. The minimum atomic E-state index is -0.722. The van der Waals surface area contributed by atoms with Gasteiger partial charge in [-0.1, -0.05) is 6.07 Å². The smallest absolute Gasteiger partial charge is 0.255 e. The lowest BCUT2D eigenvalue weighted by atomic mass is 10.0. The van der Waals surface area contributed by atoms with Gasteiger partial charge in [0.2, 0.25) is 17.7 Å². The van der Waals surface area contributed by atoms with Gasteiger partial charge in [0.15, 0.2) is 0 Å². The molecule has 1 atom stereocenters. The van der Waals surface area contributed by atoms with Crippen molar-refractivity contribution in [2.45, 2.75) is 32.0 Å². The summed E-state index contributed by atoms with van der Waals surface area (Å²) in [5.41, 5.74) is 2.64. The minimum absolute atomic E-state index is 0.182. The Morgan fingerprint density at radius 1 is 1.15 bits per heavy atom. The fraction of sp³-hybridized carbons (Fsp3) is 0.417. The highest BCUT2D eigenvalue weighted by atomic mass is 19.1. The van der Waals surface area contributed by atoms with Crippen LogP contribution >= 0.6 is 0 Å².